The van der Waals surface area contributed by atoms with Crippen molar-refractivity contribution in [1.29, 1.82) is 0 Å². The molecule has 0 aliphatic carbocycles. The van der Waals surface area contributed by atoms with Crippen LogP contribution in [0.2, 0.25) is 0 Å². The van der Waals surface area contributed by atoms with Gasteiger partial charge in [0.15, 0.2) is 0 Å². The standard InChI is InChI=1S/C16H25NO3/c1-12-6-8-15(9-7-12)20-10-4-5-16(19)17-14(3)13(2)11-18/h6-9,13-14,18H,4-5,10-11H2,1-3H3,(H,17,19). The number of hydrogen-bond acceptors (Lipinski definition) is 3. The van der Waals surface area contributed by atoms with Crippen molar-refractivity contribution in [1.82, 2.24) is 5.32 Å². The summed E-state index contributed by atoms with van der Waals surface area (Å²) >= 11 is 0. The van der Waals surface area contributed by atoms with E-state index in [0.29, 0.717) is 19.4 Å². The van der Waals surface area contributed by atoms with Gasteiger partial charge in [0, 0.05) is 19.1 Å². The number of aliphatic hydroxyl groups is 1. The number of hydrogen-bond donors (Lipinski definition) is 2. The number of benzene rings is 1. The molecule has 0 aliphatic heterocycles. The van der Waals surface area contributed by atoms with Crippen LogP contribution in [0.15, 0.2) is 24.3 Å². The lowest BCUT2D eigenvalue weighted by atomic mass is 10.1. The second-order valence-corrected chi connectivity index (χ2v) is 5.28. The SMILES string of the molecule is Cc1ccc(OCCCC(=O)NC(C)C(C)CO)cc1. The van der Waals surface area contributed by atoms with Crippen molar-refractivity contribution in [2.75, 3.05) is 13.2 Å². The van der Waals surface area contributed by atoms with Crippen molar-refractivity contribution in [2.24, 2.45) is 5.92 Å². The third-order valence-corrected chi connectivity index (χ3v) is 3.37. The average molecular weight is 279 g/mol. The van der Waals surface area contributed by atoms with Gasteiger partial charge >= 0.3 is 0 Å². The van der Waals surface area contributed by atoms with E-state index >= 15 is 0 Å². The number of carbonyl (C=O) groups is 1. The van der Waals surface area contributed by atoms with Crippen molar-refractivity contribution >= 4 is 5.91 Å². The normalized spacial score (nSPS) is 13.6. The number of aliphatic hydroxyl groups excluding tert-OH is 1. The minimum Gasteiger partial charge on any atom is -0.494 e. The highest BCUT2D eigenvalue weighted by Gasteiger charge is 2.13. The van der Waals surface area contributed by atoms with E-state index in [-0.39, 0.29) is 24.5 Å². The first-order chi connectivity index (χ1) is 9.52. The molecule has 1 amide bonds. The fraction of sp³-hybridized carbons (Fsp3) is 0.562. The van der Waals surface area contributed by atoms with Crippen LogP contribution in [-0.4, -0.2) is 30.3 Å². The van der Waals surface area contributed by atoms with Crippen molar-refractivity contribution < 1.29 is 14.6 Å². The minimum absolute atomic E-state index is 0.00491. The Bertz CT molecular complexity index is 403. The molecule has 0 saturated carbocycles. The molecular formula is C16H25NO3. The van der Waals surface area contributed by atoms with Crippen LogP contribution >= 0.6 is 0 Å². The number of nitrogens with one attached hydrogen (secondary N) is 1. The van der Waals surface area contributed by atoms with Crippen LogP contribution in [0, 0.1) is 12.8 Å². The van der Waals surface area contributed by atoms with E-state index < -0.39 is 0 Å². The number of rotatable bonds is 8. The molecule has 112 valence electrons. The van der Waals surface area contributed by atoms with E-state index in [1.807, 2.05) is 45.0 Å². The monoisotopic (exact) mass is 279 g/mol. The highest BCUT2D eigenvalue weighted by Crippen LogP contribution is 2.11. The van der Waals surface area contributed by atoms with Gasteiger partial charge in [-0.3, -0.25) is 4.79 Å². The van der Waals surface area contributed by atoms with Crippen LogP contribution in [0.3, 0.4) is 0 Å². The molecule has 1 aromatic rings. The molecule has 0 aromatic heterocycles. The molecule has 1 aromatic carbocycles. The van der Waals surface area contributed by atoms with Crippen LogP contribution in [0.1, 0.15) is 32.3 Å². The molecule has 4 nitrogen and oxygen atoms in total. The maximum Gasteiger partial charge on any atom is 0.220 e. The van der Waals surface area contributed by atoms with E-state index in [0.717, 1.165) is 5.75 Å². The molecule has 20 heavy (non-hydrogen) atoms. The third kappa shape index (κ3) is 6.06. The van der Waals surface area contributed by atoms with Crippen LogP contribution in [0.25, 0.3) is 0 Å². The van der Waals surface area contributed by atoms with E-state index in [9.17, 15) is 4.79 Å². The lowest BCUT2D eigenvalue weighted by Gasteiger charge is -2.19. The van der Waals surface area contributed by atoms with E-state index in [1.165, 1.54) is 5.56 Å². The first kappa shape index (κ1) is 16.5. The van der Waals surface area contributed by atoms with Crippen LogP contribution in [-0.2, 0) is 4.79 Å². The second kappa shape index (κ2) is 8.59. The Balaban J connectivity index is 2.17. The Kier molecular flexibility index (Phi) is 7.09. The molecule has 1 rings (SSSR count). The summed E-state index contributed by atoms with van der Waals surface area (Å²) in [6, 6.07) is 7.85. The van der Waals surface area contributed by atoms with Gasteiger partial charge in [0.05, 0.1) is 6.61 Å². The summed E-state index contributed by atoms with van der Waals surface area (Å²) in [7, 11) is 0. The number of amides is 1. The first-order valence-corrected chi connectivity index (χ1v) is 7.12. The van der Waals surface area contributed by atoms with Gasteiger partial charge in [-0.2, -0.15) is 0 Å². The molecule has 0 aliphatic rings. The molecule has 0 spiro atoms. The van der Waals surface area contributed by atoms with Crippen LogP contribution in [0.5, 0.6) is 5.75 Å². The molecule has 0 bridgehead atoms. The van der Waals surface area contributed by atoms with Gasteiger partial charge in [0.1, 0.15) is 5.75 Å². The Morgan fingerprint density at radius 1 is 1.30 bits per heavy atom. The van der Waals surface area contributed by atoms with Crippen molar-refractivity contribution in [3.05, 3.63) is 29.8 Å². The van der Waals surface area contributed by atoms with E-state index in [4.69, 9.17) is 9.84 Å². The predicted octanol–water partition coefficient (Wildman–Crippen LogP) is 2.29. The number of aryl methyl sites for hydroxylation is 1. The van der Waals surface area contributed by atoms with Crippen LogP contribution in [0.4, 0.5) is 0 Å². The Labute approximate surface area is 121 Å². The van der Waals surface area contributed by atoms with Gasteiger partial charge in [-0.15, -0.1) is 0 Å². The highest BCUT2D eigenvalue weighted by atomic mass is 16.5. The zero-order chi connectivity index (χ0) is 15.0. The summed E-state index contributed by atoms with van der Waals surface area (Å²) in [5, 5.41) is 11.9. The molecule has 2 unspecified atom stereocenters. The minimum atomic E-state index is -0.00878. The summed E-state index contributed by atoms with van der Waals surface area (Å²) in [6.07, 6.45) is 1.12. The average Bonchev–Trinajstić information content (AvgIpc) is 2.44. The van der Waals surface area contributed by atoms with E-state index in [1.54, 1.807) is 0 Å². The lowest BCUT2D eigenvalue weighted by molar-refractivity contribution is -0.122. The van der Waals surface area contributed by atoms with Crippen molar-refractivity contribution in [3.63, 3.8) is 0 Å². The molecule has 2 N–H and O–H groups in total. The first-order valence-electron chi connectivity index (χ1n) is 7.12. The summed E-state index contributed by atoms with van der Waals surface area (Å²) in [5.41, 5.74) is 1.20. The summed E-state index contributed by atoms with van der Waals surface area (Å²) in [5.74, 6) is 0.909. The summed E-state index contributed by atoms with van der Waals surface area (Å²) < 4.78 is 5.56. The zero-order valence-corrected chi connectivity index (χ0v) is 12.6. The summed E-state index contributed by atoms with van der Waals surface area (Å²) in [6.45, 7) is 6.45. The highest BCUT2D eigenvalue weighted by molar-refractivity contribution is 5.76. The zero-order valence-electron chi connectivity index (χ0n) is 12.6. The Hall–Kier alpha value is -1.55. The van der Waals surface area contributed by atoms with Gasteiger partial charge in [-0.1, -0.05) is 24.6 Å². The number of carbonyl (C=O) groups excluding carboxylic acids is 1. The maximum atomic E-state index is 11.7. The third-order valence-electron chi connectivity index (χ3n) is 3.37. The molecule has 2 atom stereocenters. The van der Waals surface area contributed by atoms with Gasteiger partial charge in [0.2, 0.25) is 5.91 Å². The largest absolute Gasteiger partial charge is 0.494 e. The van der Waals surface area contributed by atoms with Gasteiger partial charge in [-0.25, -0.2) is 0 Å². The van der Waals surface area contributed by atoms with Gasteiger partial charge in [0.25, 0.3) is 0 Å². The molecule has 0 saturated heterocycles. The van der Waals surface area contributed by atoms with Gasteiger partial charge in [-0.05, 0) is 38.3 Å². The quantitative estimate of drug-likeness (QED) is 0.718. The molecule has 0 fully saturated rings. The fourth-order valence-electron chi connectivity index (χ4n) is 1.68. The Morgan fingerprint density at radius 3 is 2.55 bits per heavy atom. The van der Waals surface area contributed by atoms with Gasteiger partial charge < -0.3 is 15.2 Å². The molecule has 4 heteroatoms. The van der Waals surface area contributed by atoms with Crippen molar-refractivity contribution in [3.8, 4) is 5.75 Å². The van der Waals surface area contributed by atoms with Crippen molar-refractivity contribution in [2.45, 2.75) is 39.7 Å². The second-order valence-electron chi connectivity index (χ2n) is 5.28. The maximum absolute atomic E-state index is 11.7. The smallest absolute Gasteiger partial charge is 0.220 e. The number of ether oxygens (including phenoxy) is 1. The topological polar surface area (TPSA) is 58.6 Å². The molecule has 0 heterocycles. The lowest BCUT2D eigenvalue weighted by Crippen LogP contribution is -2.38. The molecule has 0 radical (unpaired) electrons. The summed E-state index contributed by atoms with van der Waals surface area (Å²) in [4.78, 5) is 11.7. The van der Waals surface area contributed by atoms with E-state index in [2.05, 4.69) is 5.32 Å². The van der Waals surface area contributed by atoms with Crippen LogP contribution < -0.4 is 10.1 Å². The Morgan fingerprint density at radius 2 is 1.95 bits per heavy atom. The molecular weight excluding hydrogens is 254 g/mol. The predicted molar refractivity (Wildman–Crippen MR) is 79.8 cm³/mol. The fourth-order valence-corrected chi connectivity index (χ4v) is 1.68.